The van der Waals surface area contributed by atoms with E-state index in [9.17, 15) is 4.79 Å². The quantitative estimate of drug-likeness (QED) is 0.682. The monoisotopic (exact) mass is 285 g/mol. The van der Waals surface area contributed by atoms with E-state index in [1.807, 2.05) is 24.5 Å². The van der Waals surface area contributed by atoms with Gasteiger partial charge < -0.3 is 19.4 Å². The molecule has 6 heteroatoms. The summed E-state index contributed by atoms with van der Waals surface area (Å²) in [5.74, 6) is -0.560. The molecule has 0 aliphatic carbocycles. The smallest absolute Gasteiger partial charge is 0.339 e. The third-order valence-electron chi connectivity index (χ3n) is 3.20. The SMILES string of the molecule is O=C(O)c1c[nH]c2ccc(OCCCn3cccc3)nc12. The minimum absolute atomic E-state index is 0.155. The van der Waals surface area contributed by atoms with Gasteiger partial charge in [0.05, 0.1) is 12.1 Å². The van der Waals surface area contributed by atoms with Crippen LogP contribution in [-0.2, 0) is 6.54 Å². The van der Waals surface area contributed by atoms with Gasteiger partial charge in [-0.25, -0.2) is 9.78 Å². The van der Waals surface area contributed by atoms with Gasteiger partial charge in [-0.05, 0) is 24.6 Å². The Hall–Kier alpha value is -2.76. The Kier molecular flexibility index (Phi) is 3.59. The molecule has 21 heavy (non-hydrogen) atoms. The molecule has 0 amide bonds. The van der Waals surface area contributed by atoms with E-state index in [2.05, 4.69) is 14.5 Å². The van der Waals surface area contributed by atoms with E-state index in [0.717, 1.165) is 13.0 Å². The number of rotatable bonds is 6. The van der Waals surface area contributed by atoms with Crippen LogP contribution >= 0.6 is 0 Å². The molecule has 2 N–H and O–H groups in total. The first-order chi connectivity index (χ1) is 10.2. The largest absolute Gasteiger partial charge is 0.478 e. The molecule has 3 rings (SSSR count). The lowest BCUT2D eigenvalue weighted by Gasteiger charge is -2.06. The number of fused-ring (bicyclic) bond motifs is 1. The van der Waals surface area contributed by atoms with Crippen LogP contribution in [0.4, 0.5) is 0 Å². The third-order valence-corrected chi connectivity index (χ3v) is 3.20. The van der Waals surface area contributed by atoms with E-state index in [-0.39, 0.29) is 5.56 Å². The summed E-state index contributed by atoms with van der Waals surface area (Å²) in [4.78, 5) is 18.2. The standard InChI is InChI=1S/C15H15N3O3/c19-15(20)11-10-16-12-4-5-13(17-14(11)12)21-9-3-8-18-6-1-2-7-18/h1-2,4-7,10,16H,3,8-9H2,(H,19,20). The van der Waals surface area contributed by atoms with Gasteiger partial charge in [0.1, 0.15) is 11.1 Å². The number of carboxylic acid groups (broad SMARTS) is 1. The third kappa shape index (κ3) is 2.89. The van der Waals surface area contributed by atoms with Gasteiger partial charge in [0, 0.05) is 31.2 Å². The fourth-order valence-electron chi connectivity index (χ4n) is 2.17. The number of hydrogen-bond donors (Lipinski definition) is 2. The maximum absolute atomic E-state index is 11.1. The molecule has 0 saturated heterocycles. The van der Waals surface area contributed by atoms with E-state index in [1.165, 1.54) is 6.20 Å². The van der Waals surface area contributed by atoms with Gasteiger partial charge in [-0.3, -0.25) is 0 Å². The second-order valence-electron chi connectivity index (χ2n) is 4.68. The average Bonchev–Trinajstić information content (AvgIpc) is 3.12. The normalized spacial score (nSPS) is 10.9. The Bertz CT molecular complexity index is 747. The molecule has 0 spiro atoms. The summed E-state index contributed by atoms with van der Waals surface area (Å²) in [5, 5.41) is 9.08. The van der Waals surface area contributed by atoms with Crippen molar-refractivity contribution in [3.8, 4) is 5.88 Å². The number of ether oxygens (including phenoxy) is 1. The summed E-state index contributed by atoms with van der Waals surface area (Å²) in [7, 11) is 0. The van der Waals surface area contributed by atoms with Crippen molar-refractivity contribution in [3.05, 3.63) is 48.4 Å². The lowest BCUT2D eigenvalue weighted by Crippen LogP contribution is -2.04. The Labute approximate surface area is 121 Å². The fraction of sp³-hybridized carbons (Fsp3) is 0.200. The zero-order chi connectivity index (χ0) is 14.7. The first-order valence-corrected chi connectivity index (χ1v) is 6.69. The number of aromatic amines is 1. The number of carbonyl (C=O) groups is 1. The second-order valence-corrected chi connectivity index (χ2v) is 4.68. The number of pyridine rings is 1. The molecule has 0 aliphatic rings. The first-order valence-electron chi connectivity index (χ1n) is 6.69. The van der Waals surface area contributed by atoms with Crippen molar-refractivity contribution in [2.75, 3.05) is 6.61 Å². The number of hydrogen-bond acceptors (Lipinski definition) is 3. The van der Waals surface area contributed by atoms with Gasteiger partial charge in [0.15, 0.2) is 0 Å². The number of carboxylic acids is 1. The van der Waals surface area contributed by atoms with Crippen LogP contribution in [0.25, 0.3) is 11.0 Å². The van der Waals surface area contributed by atoms with Crippen molar-refractivity contribution in [2.45, 2.75) is 13.0 Å². The highest BCUT2D eigenvalue weighted by atomic mass is 16.5. The molecule has 6 nitrogen and oxygen atoms in total. The lowest BCUT2D eigenvalue weighted by atomic mass is 10.3. The highest BCUT2D eigenvalue weighted by molar-refractivity contribution is 6.01. The molecular formula is C15H15N3O3. The number of nitrogens with one attached hydrogen (secondary N) is 1. The van der Waals surface area contributed by atoms with Crippen molar-refractivity contribution in [1.29, 1.82) is 0 Å². The van der Waals surface area contributed by atoms with Gasteiger partial charge in [0.2, 0.25) is 5.88 Å². The highest BCUT2D eigenvalue weighted by Crippen LogP contribution is 2.19. The van der Waals surface area contributed by atoms with Crippen molar-refractivity contribution in [2.24, 2.45) is 0 Å². The maximum Gasteiger partial charge on any atom is 0.339 e. The van der Waals surface area contributed by atoms with Crippen LogP contribution < -0.4 is 4.74 Å². The van der Waals surface area contributed by atoms with E-state index in [1.54, 1.807) is 12.1 Å². The van der Waals surface area contributed by atoms with Crippen molar-refractivity contribution < 1.29 is 14.6 Å². The predicted octanol–water partition coefficient (Wildman–Crippen LogP) is 2.53. The molecule has 3 heterocycles. The predicted molar refractivity (Wildman–Crippen MR) is 77.6 cm³/mol. The Morgan fingerprint density at radius 1 is 1.33 bits per heavy atom. The molecule has 0 radical (unpaired) electrons. The van der Waals surface area contributed by atoms with E-state index in [0.29, 0.717) is 23.5 Å². The van der Waals surface area contributed by atoms with Crippen LogP contribution in [0.15, 0.2) is 42.9 Å². The number of aryl methyl sites for hydroxylation is 1. The molecular weight excluding hydrogens is 270 g/mol. The summed E-state index contributed by atoms with van der Waals surface area (Å²) in [5.41, 5.74) is 1.26. The van der Waals surface area contributed by atoms with Crippen LogP contribution in [0.2, 0.25) is 0 Å². The highest BCUT2D eigenvalue weighted by Gasteiger charge is 2.12. The van der Waals surface area contributed by atoms with Crippen LogP contribution in [0, 0.1) is 0 Å². The Balaban J connectivity index is 1.64. The molecule has 0 bridgehead atoms. The number of aromatic carboxylic acids is 1. The topological polar surface area (TPSA) is 80.1 Å². The van der Waals surface area contributed by atoms with Gasteiger partial charge >= 0.3 is 5.97 Å². The van der Waals surface area contributed by atoms with Crippen LogP contribution in [0.1, 0.15) is 16.8 Å². The van der Waals surface area contributed by atoms with Gasteiger partial charge in [-0.2, -0.15) is 0 Å². The van der Waals surface area contributed by atoms with Crippen molar-refractivity contribution in [1.82, 2.24) is 14.5 Å². The van der Waals surface area contributed by atoms with Crippen LogP contribution in [0.3, 0.4) is 0 Å². The first kappa shape index (κ1) is 13.2. The van der Waals surface area contributed by atoms with Gasteiger partial charge in [0.25, 0.3) is 0 Å². The van der Waals surface area contributed by atoms with Crippen molar-refractivity contribution >= 4 is 17.0 Å². The molecule has 0 fully saturated rings. The maximum atomic E-state index is 11.1. The Morgan fingerprint density at radius 3 is 2.90 bits per heavy atom. The summed E-state index contributed by atoms with van der Waals surface area (Å²) < 4.78 is 7.66. The van der Waals surface area contributed by atoms with Crippen LogP contribution in [-0.4, -0.2) is 32.2 Å². The summed E-state index contributed by atoms with van der Waals surface area (Å²) in [6, 6.07) is 7.47. The number of aromatic nitrogens is 3. The summed E-state index contributed by atoms with van der Waals surface area (Å²) in [6.07, 6.45) is 6.30. The van der Waals surface area contributed by atoms with E-state index < -0.39 is 5.97 Å². The van der Waals surface area contributed by atoms with Gasteiger partial charge in [-0.15, -0.1) is 0 Å². The molecule has 3 aromatic heterocycles. The molecule has 0 unspecified atom stereocenters. The number of nitrogens with zero attached hydrogens (tertiary/aromatic N) is 2. The minimum Gasteiger partial charge on any atom is -0.478 e. The molecule has 0 aromatic carbocycles. The number of H-pyrrole nitrogens is 1. The summed E-state index contributed by atoms with van der Waals surface area (Å²) >= 11 is 0. The molecule has 3 aromatic rings. The lowest BCUT2D eigenvalue weighted by molar-refractivity contribution is 0.0699. The average molecular weight is 285 g/mol. The minimum atomic E-state index is -1.00. The molecule has 0 aliphatic heterocycles. The fourth-order valence-corrected chi connectivity index (χ4v) is 2.17. The van der Waals surface area contributed by atoms with Gasteiger partial charge in [-0.1, -0.05) is 0 Å². The van der Waals surface area contributed by atoms with Crippen molar-refractivity contribution in [3.63, 3.8) is 0 Å². The summed E-state index contributed by atoms with van der Waals surface area (Å²) in [6.45, 7) is 1.41. The molecule has 108 valence electrons. The Morgan fingerprint density at radius 2 is 2.14 bits per heavy atom. The zero-order valence-corrected chi connectivity index (χ0v) is 11.3. The molecule has 0 saturated carbocycles. The zero-order valence-electron chi connectivity index (χ0n) is 11.3. The van der Waals surface area contributed by atoms with E-state index >= 15 is 0 Å². The second kappa shape index (κ2) is 5.70. The molecule has 0 atom stereocenters. The van der Waals surface area contributed by atoms with E-state index in [4.69, 9.17) is 9.84 Å². The van der Waals surface area contributed by atoms with Crippen LogP contribution in [0.5, 0.6) is 5.88 Å².